The molecule has 5 aliphatic rings. The standard InChI is InChI=1S/C41H46N8O8.2H2/c1-23(2)56-35-16-31-25(14-33(35)45-38(51)32(17-42)37-43-12-3-13-44-37)18-48(40(31)53)26-6-8-28(9-7-26)57-29-19-47(20-29)27-5-4-24-21-55-22-49(41(54)30(24)15-27)34-10-11-36(50)46-39(34)52;;/h3-5,12-17,23,26,28-29,34H,6-11,18-22,42H2,1-2H3,(H,45,51)(H,46,50,52);2*1H/b32-17+;;. The number of benzene rings is 2. The van der Waals surface area contributed by atoms with Crippen molar-refractivity contribution >= 4 is 46.5 Å². The Balaban J connectivity index is 0.00000293. The van der Waals surface area contributed by atoms with Crippen LogP contribution in [0, 0.1) is 0 Å². The van der Waals surface area contributed by atoms with Gasteiger partial charge in [0.1, 0.15) is 18.5 Å². The van der Waals surface area contributed by atoms with Crippen molar-refractivity contribution in [2.45, 2.75) is 95.9 Å². The molecule has 5 amide bonds. The zero-order chi connectivity index (χ0) is 39.8. The number of rotatable bonds is 10. The smallest absolute Gasteiger partial charge is 0.261 e. The molecule has 16 nitrogen and oxygen atoms in total. The number of amides is 5. The van der Waals surface area contributed by atoms with Gasteiger partial charge < -0.3 is 40.0 Å². The fourth-order valence-electron chi connectivity index (χ4n) is 8.25. The molecule has 16 heteroatoms. The van der Waals surface area contributed by atoms with Crippen LogP contribution in [-0.4, -0.2) is 99.5 Å². The van der Waals surface area contributed by atoms with Crippen LogP contribution in [0.25, 0.3) is 5.57 Å². The molecular formula is C41H50N8O8. The van der Waals surface area contributed by atoms with Crippen LogP contribution in [0.4, 0.5) is 11.4 Å². The first kappa shape index (κ1) is 38.0. The van der Waals surface area contributed by atoms with Gasteiger partial charge in [-0.15, -0.1) is 0 Å². The maximum absolute atomic E-state index is 13.8. The average molecular weight is 783 g/mol. The second-order valence-electron chi connectivity index (χ2n) is 15.4. The van der Waals surface area contributed by atoms with Gasteiger partial charge in [0, 0.05) is 70.4 Å². The van der Waals surface area contributed by atoms with Crippen LogP contribution in [0.3, 0.4) is 0 Å². The number of nitrogens with two attached hydrogens (primary N) is 1. The minimum Gasteiger partial charge on any atom is -0.489 e. The van der Waals surface area contributed by atoms with Crippen molar-refractivity contribution in [1.29, 1.82) is 0 Å². The second-order valence-corrected chi connectivity index (χ2v) is 15.4. The van der Waals surface area contributed by atoms with E-state index in [-0.39, 0.29) is 82.5 Å². The number of hydrogen-bond donors (Lipinski definition) is 3. The van der Waals surface area contributed by atoms with Crippen LogP contribution >= 0.6 is 0 Å². The first-order valence-electron chi connectivity index (χ1n) is 19.5. The van der Waals surface area contributed by atoms with E-state index in [0.29, 0.717) is 42.2 Å². The predicted octanol–water partition coefficient (Wildman–Crippen LogP) is 3.60. The van der Waals surface area contributed by atoms with E-state index >= 15 is 0 Å². The van der Waals surface area contributed by atoms with Crippen LogP contribution in [0.5, 0.6) is 5.75 Å². The summed E-state index contributed by atoms with van der Waals surface area (Å²) in [6.07, 6.45) is 7.85. The largest absolute Gasteiger partial charge is 0.489 e. The fourth-order valence-corrected chi connectivity index (χ4v) is 8.25. The Kier molecular flexibility index (Phi) is 10.6. The normalized spacial score (nSPS) is 22.8. The van der Waals surface area contributed by atoms with Gasteiger partial charge in [-0.1, -0.05) is 6.07 Å². The van der Waals surface area contributed by atoms with Crippen molar-refractivity contribution in [3.8, 4) is 5.75 Å². The van der Waals surface area contributed by atoms with E-state index in [2.05, 4.69) is 25.5 Å². The highest BCUT2D eigenvalue weighted by molar-refractivity contribution is 6.24. The monoisotopic (exact) mass is 782 g/mol. The molecule has 5 heterocycles. The third-order valence-corrected chi connectivity index (χ3v) is 11.2. The minimum absolute atomic E-state index is 0. The van der Waals surface area contributed by atoms with Crippen molar-refractivity contribution < 1.29 is 41.0 Å². The summed E-state index contributed by atoms with van der Waals surface area (Å²) in [6, 6.07) is 10.2. The van der Waals surface area contributed by atoms with Gasteiger partial charge in [0.15, 0.2) is 5.82 Å². The van der Waals surface area contributed by atoms with E-state index in [9.17, 15) is 24.0 Å². The van der Waals surface area contributed by atoms with Crippen LogP contribution in [-0.2, 0) is 37.0 Å². The molecule has 4 aliphatic heterocycles. The average Bonchev–Trinajstić information content (AvgIpc) is 3.40. The van der Waals surface area contributed by atoms with Crippen LogP contribution in [0.1, 0.15) is 92.9 Å². The highest BCUT2D eigenvalue weighted by Gasteiger charge is 2.40. The number of hydrogen-bond acceptors (Lipinski definition) is 12. The van der Waals surface area contributed by atoms with Crippen molar-refractivity contribution in [2.75, 3.05) is 30.0 Å². The van der Waals surface area contributed by atoms with Gasteiger partial charge in [-0.25, -0.2) is 9.97 Å². The molecule has 0 bridgehead atoms. The quantitative estimate of drug-likeness (QED) is 0.200. The van der Waals surface area contributed by atoms with E-state index in [1.54, 1.807) is 12.1 Å². The van der Waals surface area contributed by atoms with Gasteiger partial charge in [-0.2, -0.15) is 0 Å². The van der Waals surface area contributed by atoms with Gasteiger partial charge in [-0.3, -0.25) is 29.3 Å². The van der Waals surface area contributed by atoms with Gasteiger partial charge in [0.05, 0.1) is 36.2 Å². The molecule has 57 heavy (non-hydrogen) atoms. The predicted molar refractivity (Wildman–Crippen MR) is 211 cm³/mol. The molecule has 4 N–H and O–H groups in total. The lowest BCUT2D eigenvalue weighted by atomic mass is 9.91. The number of nitrogens with zero attached hydrogens (tertiary/aromatic N) is 5. The van der Waals surface area contributed by atoms with E-state index < -0.39 is 17.9 Å². The SMILES string of the molecule is CC(C)Oc1cc2c(cc1NC(=O)/C(=C/N)c1ncccn1)CN(C1CCC(OC3CN(c4ccc5c(c4)C(=O)N(C4CCC(=O)NC4=O)COC5)C3)CC1)C2=O.[HH].[HH]. The lowest BCUT2D eigenvalue weighted by Crippen LogP contribution is -2.55. The van der Waals surface area contributed by atoms with E-state index in [1.165, 1.54) is 23.5 Å². The summed E-state index contributed by atoms with van der Waals surface area (Å²) < 4.78 is 18.3. The molecule has 302 valence electrons. The third-order valence-electron chi connectivity index (χ3n) is 11.2. The molecule has 1 aromatic heterocycles. The van der Waals surface area contributed by atoms with E-state index in [1.807, 2.05) is 43.0 Å². The van der Waals surface area contributed by atoms with Crippen molar-refractivity contribution in [3.63, 3.8) is 0 Å². The molecule has 2 saturated heterocycles. The highest BCUT2D eigenvalue weighted by Crippen LogP contribution is 2.38. The molecule has 1 saturated carbocycles. The second kappa shape index (κ2) is 15.9. The van der Waals surface area contributed by atoms with Crippen LogP contribution in [0.2, 0.25) is 0 Å². The molecule has 8 rings (SSSR count). The Morgan fingerprint density at radius 3 is 2.42 bits per heavy atom. The Hall–Kier alpha value is -5.87. The number of imide groups is 1. The van der Waals surface area contributed by atoms with Crippen molar-refractivity contribution in [3.05, 3.63) is 83.1 Å². The molecule has 1 unspecified atom stereocenters. The lowest BCUT2D eigenvalue weighted by molar-refractivity contribution is -0.138. The Labute approximate surface area is 332 Å². The summed E-state index contributed by atoms with van der Waals surface area (Å²) in [5.74, 6) is -1.05. The van der Waals surface area contributed by atoms with E-state index in [0.717, 1.165) is 42.5 Å². The first-order chi connectivity index (χ1) is 27.6. The van der Waals surface area contributed by atoms with Gasteiger partial charge in [0.25, 0.3) is 17.7 Å². The van der Waals surface area contributed by atoms with Crippen LogP contribution < -0.4 is 26.0 Å². The summed E-state index contributed by atoms with van der Waals surface area (Å²) in [4.78, 5) is 78.8. The number of fused-ring (bicyclic) bond motifs is 2. The highest BCUT2D eigenvalue weighted by atomic mass is 16.5. The minimum atomic E-state index is -0.755. The molecule has 3 aromatic rings. The summed E-state index contributed by atoms with van der Waals surface area (Å²) in [7, 11) is 0. The fraction of sp³-hybridized carbons (Fsp3) is 0.439. The Bertz CT molecular complexity index is 2120. The first-order valence-corrected chi connectivity index (χ1v) is 19.5. The number of aromatic nitrogens is 2. The van der Waals surface area contributed by atoms with Gasteiger partial charge >= 0.3 is 0 Å². The summed E-state index contributed by atoms with van der Waals surface area (Å²) in [5.41, 5.74) is 9.87. The Morgan fingerprint density at radius 1 is 0.965 bits per heavy atom. The molecule has 1 atom stereocenters. The number of ether oxygens (including phenoxy) is 3. The number of carbonyl (C=O) groups excluding carboxylic acids is 5. The van der Waals surface area contributed by atoms with E-state index in [4.69, 9.17) is 19.9 Å². The zero-order valence-corrected chi connectivity index (χ0v) is 31.9. The number of carbonyl (C=O) groups is 5. The number of nitrogens with one attached hydrogen (secondary N) is 2. The summed E-state index contributed by atoms with van der Waals surface area (Å²) >= 11 is 0. The summed E-state index contributed by atoms with van der Waals surface area (Å²) in [6.45, 7) is 5.78. The zero-order valence-electron chi connectivity index (χ0n) is 31.9. The molecule has 0 spiro atoms. The number of anilines is 2. The molecule has 1 aliphatic carbocycles. The third kappa shape index (κ3) is 7.79. The molecule has 0 radical (unpaired) electrons. The Morgan fingerprint density at radius 2 is 1.70 bits per heavy atom. The van der Waals surface area contributed by atoms with Gasteiger partial charge in [0.2, 0.25) is 11.8 Å². The molecule has 3 fully saturated rings. The van der Waals surface area contributed by atoms with Crippen molar-refractivity contribution in [2.24, 2.45) is 5.73 Å². The van der Waals surface area contributed by atoms with Gasteiger partial charge in [-0.05, 0) is 87.4 Å². The lowest BCUT2D eigenvalue weighted by Gasteiger charge is -2.44. The van der Waals surface area contributed by atoms with Crippen molar-refractivity contribution in [1.82, 2.24) is 25.1 Å². The summed E-state index contributed by atoms with van der Waals surface area (Å²) in [5, 5.41) is 5.23. The topological polar surface area (TPSA) is 199 Å². The number of piperidine rings is 1. The molecular weight excluding hydrogens is 732 g/mol. The van der Waals surface area contributed by atoms with Crippen LogP contribution in [0.15, 0.2) is 55.0 Å². The maximum atomic E-state index is 13.8. The maximum Gasteiger partial charge on any atom is 0.261 e. The molecule has 2 aromatic carbocycles.